The monoisotopic (exact) mass is 206 g/mol. The molecule has 0 unspecified atom stereocenters. The van der Waals surface area contributed by atoms with Crippen molar-refractivity contribution in [3.05, 3.63) is 11.0 Å². The minimum atomic E-state index is -4.92. The second-order valence-electron chi connectivity index (χ2n) is 2.01. The fourth-order valence-corrected chi connectivity index (χ4v) is 1.30. The highest BCUT2D eigenvalue weighted by Crippen LogP contribution is 2.36. The van der Waals surface area contributed by atoms with Crippen LogP contribution in [0.25, 0.3) is 0 Å². The van der Waals surface area contributed by atoms with E-state index < -0.39 is 33.6 Å². The molecule has 1 aliphatic rings. The smallest absolute Gasteiger partial charge is 0.258 e. The molecule has 8 heteroatoms. The Morgan fingerprint density at radius 3 is 2.25 bits per heavy atom. The molecule has 0 radical (unpaired) electrons. The van der Waals surface area contributed by atoms with Gasteiger partial charge in [-0.25, -0.2) is 4.39 Å². The van der Waals surface area contributed by atoms with E-state index in [-0.39, 0.29) is 0 Å². The maximum atomic E-state index is 12.2. The molecule has 0 fully saturated rings. The Labute approximate surface area is 64.7 Å². The summed E-state index contributed by atoms with van der Waals surface area (Å²) in [5.74, 6) is -6.80. The van der Waals surface area contributed by atoms with Crippen LogP contribution in [-0.4, -0.2) is 20.9 Å². The molecule has 0 aromatic rings. The van der Waals surface area contributed by atoms with Crippen molar-refractivity contribution in [2.24, 2.45) is 0 Å². The van der Waals surface area contributed by atoms with Gasteiger partial charge in [0, 0.05) is 0 Å². The molecule has 12 heavy (non-hydrogen) atoms. The predicted molar refractivity (Wildman–Crippen MR) is 29.1 cm³/mol. The number of hydrogen-bond acceptors (Lipinski definition) is 3. The fourth-order valence-electron chi connectivity index (χ4n) is 0.520. The van der Waals surface area contributed by atoms with E-state index in [2.05, 4.69) is 4.18 Å². The third kappa shape index (κ3) is 1.31. The van der Waals surface area contributed by atoms with Crippen LogP contribution < -0.4 is 0 Å². The third-order valence-corrected chi connectivity index (χ3v) is 2.15. The third-order valence-electron chi connectivity index (χ3n) is 1.11. The molecule has 0 aliphatic carbocycles. The lowest BCUT2D eigenvalue weighted by Gasteiger charge is -2.18. The van der Waals surface area contributed by atoms with Crippen LogP contribution in [0.5, 0.6) is 0 Å². The van der Waals surface area contributed by atoms with Crippen molar-refractivity contribution in [2.75, 3.05) is 6.61 Å². The maximum Gasteiger partial charge on any atom is 0.327 e. The summed E-state index contributed by atoms with van der Waals surface area (Å²) in [7, 11) is -4.92. The van der Waals surface area contributed by atoms with Gasteiger partial charge in [-0.1, -0.05) is 0 Å². The van der Waals surface area contributed by atoms with Crippen LogP contribution in [0.15, 0.2) is 11.0 Å². The highest BCUT2D eigenvalue weighted by Gasteiger charge is 2.48. The molecule has 3 nitrogen and oxygen atoms in total. The number of halogens is 4. The minimum absolute atomic E-state index is 1.70. The highest BCUT2D eigenvalue weighted by atomic mass is 32.2. The summed E-state index contributed by atoms with van der Waals surface area (Å²) < 4.78 is 72.5. The lowest BCUT2D eigenvalue weighted by molar-refractivity contribution is -0.0309. The SMILES string of the molecule is O=S1(=O)OCC(F)(F)C(F)=C1F. The van der Waals surface area contributed by atoms with Gasteiger partial charge in [-0.3, -0.25) is 4.18 Å². The Morgan fingerprint density at radius 1 is 1.33 bits per heavy atom. The quantitative estimate of drug-likeness (QED) is 0.440. The van der Waals surface area contributed by atoms with E-state index in [1.54, 1.807) is 0 Å². The second kappa shape index (κ2) is 2.43. The number of rotatable bonds is 0. The second-order valence-corrected chi connectivity index (χ2v) is 3.51. The van der Waals surface area contributed by atoms with Crippen molar-refractivity contribution in [2.45, 2.75) is 5.92 Å². The molecule has 1 aliphatic heterocycles. The molecule has 0 N–H and O–H groups in total. The molecule has 0 aromatic carbocycles. The zero-order valence-corrected chi connectivity index (χ0v) is 6.17. The van der Waals surface area contributed by atoms with E-state index in [9.17, 15) is 26.0 Å². The molecular formula is C4H2F4O3S. The highest BCUT2D eigenvalue weighted by molar-refractivity contribution is 7.90. The number of alkyl halides is 2. The van der Waals surface area contributed by atoms with Crippen LogP contribution in [0.3, 0.4) is 0 Å². The van der Waals surface area contributed by atoms with Gasteiger partial charge >= 0.3 is 16.0 Å². The average Bonchev–Trinajstić information content (AvgIpc) is 1.96. The van der Waals surface area contributed by atoms with E-state index in [0.717, 1.165) is 0 Å². The Morgan fingerprint density at radius 2 is 1.83 bits per heavy atom. The predicted octanol–water partition coefficient (Wildman–Crippen LogP) is 1.09. The summed E-state index contributed by atoms with van der Waals surface area (Å²) in [4.78, 5) is 0. The van der Waals surface area contributed by atoms with Crippen LogP contribution in [0.4, 0.5) is 17.6 Å². The zero-order chi connectivity index (χ0) is 9.57. The zero-order valence-electron chi connectivity index (χ0n) is 5.35. The Kier molecular flexibility index (Phi) is 1.91. The molecule has 0 spiro atoms. The van der Waals surface area contributed by atoms with Gasteiger partial charge in [0.2, 0.25) is 5.83 Å². The Bertz CT molecular complexity index is 330. The van der Waals surface area contributed by atoms with Gasteiger partial charge in [0.15, 0.2) is 0 Å². The van der Waals surface area contributed by atoms with Crippen molar-refractivity contribution in [3.8, 4) is 0 Å². The topological polar surface area (TPSA) is 43.4 Å². The van der Waals surface area contributed by atoms with E-state index in [1.165, 1.54) is 0 Å². The van der Waals surface area contributed by atoms with E-state index >= 15 is 0 Å². The largest absolute Gasteiger partial charge is 0.327 e. The van der Waals surface area contributed by atoms with E-state index in [1.807, 2.05) is 0 Å². The summed E-state index contributed by atoms with van der Waals surface area (Å²) in [5.41, 5.74) is 0. The van der Waals surface area contributed by atoms with Crippen LogP contribution in [0, 0.1) is 0 Å². The molecule has 0 atom stereocenters. The van der Waals surface area contributed by atoms with Crippen LogP contribution in [0.1, 0.15) is 0 Å². The normalized spacial score (nSPS) is 27.3. The van der Waals surface area contributed by atoms with E-state index in [0.29, 0.717) is 0 Å². The van der Waals surface area contributed by atoms with Crippen LogP contribution in [-0.2, 0) is 14.3 Å². The van der Waals surface area contributed by atoms with Crippen molar-refractivity contribution in [1.29, 1.82) is 0 Å². The number of hydrogen-bond donors (Lipinski definition) is 0. The van der Waals surface area contributed by atoms with Crippen LogP contribution >= 0.6 is 0 Å². The van der Waals surface area contributed by atoms with Gasteiger partial charge in [0.25, 0.3) is 5.16 Å². The first-order valence-corrected chi connectivity index (χ1v) is 4.01. The summed E-state index contributed by atoms with van der Waals surface area (Å²) in [6.07, 6.45) is 0. The minimum Gasteiger partial charge on any atom is -0.258 e. The first kappa shape index (κ1) is 9.46. The van der Waals surface area contributed by atoms with Gasteiger partial charge in [0.05, 0.1) is 0 Å². The first-order chi connectivity index (χ1) is 5.27. The molecule has 0 saturated carbocycles. The maximum absolute atomic E-state index is 12.2. The standard InChI is InChI=1S/C4H2F4O3S/c5-2-3(6)12(9,10)11-1-4(2,7)8/h1H2. The van der Waals surface area contributed by atoms with Crippen molar-refractivity contribution >= 4 is 10.1 Å². The van der Waals surface area contributed by atoms with Crippen molar-refractivity contribution in [1.82, 2.24) is 0 Å². The molecule has 0 bridgehead atoms. The van der Waals surface area contributed by atoms with Gasteiger partial charge in [-0.15, -0.1) is 0 Å². The molecule has 0 aromatic heterocycles. The molecule has 1 rings (SSSR count). The lowest BCUT2D eigenvalue weighted by atomic mass is 10.3. The fraction of sp³-hybridized carbons (Fsp3) is 0.500. The van der Waals surface area contributed by atoms with Gasteiger partial charge in [-0.2, -0.15) is 21.6 Å². The molecule has 0 saturated heterocycles. The summed E-state index contributed by atoms with van der Waals surface area (Å²) in [6, 6.07) is 0. The van der Waals surface area contributed by atoms with Gasteiger partial charge < -0.3 is 0 Å². The first-order valence-electron chi connectivity index (χ1n) is 2.60. The van der Waals surface area contributed by atoms with Gasteiger partial charge in [-0.05, 0) is 0 Å². The Balaban J connectivity index is 3.29. The molecule has 0 amide bonds. The summed E-state index contributed by atoms with van der Waals surface area (Å²) in [5, 5.41) is -2.56. The van der Waals surface area contributed by atoms with E-state index in [4.69, 9.17) is 0 Å². The van der Waals surface area contributed by atoms with Crippen molar-refractivity contribution < 1.29 is 30.2 Å². The molecular weight excluding hydrogens is 204 g/mol. The lowest BCUT2D eigenvalue weighted by Crippen LogP contribution is -2.32. The Hall–Kier alpha value is -0.630. The van der Waals surface area contributed by atoms with Gasteiger partial charge in [0.1, 0.15) is 6.61 Å². The summed E-state index contributed by atoms with van der Waals surface area (Å²) >= 11 is 0. The average molecular weight is 206 g/mol. The molecule has 70 valence electrons. The van der Waals surface area contributed by atoms with Crippen LogP contribution in [0.2, 0.25) is 0 Å². The summed E-state index contributed by atoms with van der Waals surface area (Å²) in [6.45, 7) is -1.70. The molecule has 1 heterocycles. The van der Waals surface area contributed by atoms with Crippen molar-refractivity contribution in [3.63, 3.8) is 0 Å².